The van der Waals surface area contributed by atoms with Gasteiger partial charge in [0.15, 0.2) is 0 Å². The van der Waals surface area contributed by atoms with Crippen molar-refractivity contribution in [2.24, 2.45) is 5.92 Å². The number of aliphatic hydroxyl groups is 1. The van der Waals surface area contributed by atoms with Gasteiger partial charge in [0.25, 0.3) is 0 Å². The zero-order valence-electron chi connectivity index (χ0n) is 12.0. The highest BCUT2D eigenvalue weighted by atomic mass is 16.6. The van der Waals surface area contributed by atoms with Crippen LogP contribution in [0.3, 0.4) is 0 Å². The van der Waals surface area contributed by atoms with Crippen molar-refractivity contribution < 1.29 is 14.6 Å². The van der Waals surface area contributed by atoms with E-state index < -0.39 is 5.60 Å². The number of carbonyl (C=O) groups is 1. The molecule has 1 amide bonds. The first-order chi connectivity index (χ1) is 8.31. The summed E-state index contributed by atoms with van der Waals surface area (Å²) in [5.74, 6) is 0.481. The largest absolute Gasteiger partial charge is 0.444 e. The Morgan fingerprint density at radius 1 is 1.50 bits per heavy atom. The number of nitrogens with zero attached hydrogens (tertiary/aromatic N) is 2. The number of hydrogen-bond acceptors (Lipinski definition) is 4. The van der Waals surface area contributed by atoms with E-state index in [4.69, 9.17) is 9.84 Å². The van der Waals surface area contributed by atoms with Crippen molar-refractivity contribution in [2.45, 2.75) is 32.8 Å². The molecule has 1 fully saturated rings. The molecule has 1 unspecified atom stereocenters. The van der Waals surface area contributed by atoms with Crippen molar-refractivity contribution in [2.75, 3.05) is 39.8 Å². The van der Waals surface area contributed by atoms with Crippen LogP contribution in [-0.2, 0) is 4.74 Å². The molecule has 0 aliphatic carbocycles. The molecule has 1 aliphatic heterocycles. The lowest BCUT2D eigenvalue weighted by Gasteiger charge is -2.25. The fourth-order valence-corrected chi connectivity index (χ4v) is 2.18. The third-order valence-electron chi connectivity index (χ3n) is 2.99. The van der Waals surface area contributed by atoms with Gasteiger partial charge in [0.05, 0.1) is 6.61 Å². The second-order valence-electron chi connectivity index (χ2n) is 6.07. The average Bonchev–Trinajstić information content (AvgIpc) is 2.63. The highest BCUT2D eigenvalue weighted by Crippen LogP contribution is 2.19. The Kier molecular flexibility index (Phi) is 5.41. The molecule has 0 bridgehead atoms. The predicted octanol–water partition coefficient (Wildman–Crippen LogP) is 1.17. The van der Waals surface area contributed by atoms with Crippen LogP contribution in [0.15, 0.2) is 0 Å². The molecular weight excluding hydrogens is 232 g/mol. The second-order valence-corrected chi connectivity index (χ2v) is 6.07. The number of rotatable bonds is 4. The van der Waals surface area contributed by atoms with E-state index in [0.29, 0.717) is 12.5 Å². The van der Waals surface area contributed by atoms with Gasteiger partial charge in [0.1, 0.15) is 5.60 Å². The quantitative estimate of drug-likeness (QED) is 0.822. The van der Waals surface area contributed by atoms with Gasteiger partial charge in [-0.15, -0.1) is 0 Å². The van der Waals surface area contributed by atoms with Crippen LogP contribution in [0, 0.1) is 5.92 Å². The Hall–Kier alpha value is -0.810. The SMILES string of the molecule is CN(CCO)CC1CCN(C(=O)OC(C)(C)C)C1. The van der Waals surface area contributed by atoms with Crippen LogP contribution in [0.1, 0.15) is 27.2 Å². The third kappa shape index (κ3) is 5.23. The topological polar surface area (TPSA) is 53.0 Å². The molecule has 1 aliphatic rings. The second kappa shape index (κ2) is 6.38. The fraction of sp³-hybridized carbons (Fsp3) is 0.923. The lowest BCUT2D eigenvalue weighted by atomic mass is 10.1. The summed E-state index contributed by atoms with van der Waals surface area (Å²) in [7, 11) is 1.99. The number of hydrogen-bond donors (Lipinski definition) is 1. The Morgan fingerprint density at radius 3 is 2.72 bits per heavy atom. The first-order valence-electron chi connectivity index (χ1n) is 6.59. The van der Waals surface area contributed by atoms with E-state index in [1.54, 1.807) is 4.90 Å². The van der Waals surface area contributed by atoms with Gasteiger partial charge in [0, 0.05) is 26.2 Å². The summed E-state index contributed by atoms with van der Waals surface area (Å²) in [5.41, 5.74) is -0.428. The van der Waals surface area contributed by atoms with Crippen LogP contribution >= 0.6 is 0 Å². The average molecular weight is 258 g/mol. The first-order valence-corrected chi connectivity index (χ1v) is 6.59. The molecule has 5 heteroatoms. The van der Waals surface area contributed by atoms with Gasteiger partial charge in [-0.05, 0) is 40.2 Å². The summed E-state index contributed by atoms with van der Waals surface area (Å²) < 4.78 is 5.36. The Labute approximate surface area is 110 Å². The summed E-state index contributed by atoms with van der Waals surface area (Å²) in [6, 6.07) is 0. The minimum Gasteiger partial charge on any atom is -0.444 e. The first kappa shape index (κ1) is 15.2. The van der Waals surface area contributed by atoms with Crippen LogP contribution in [0.5, 0.6) is 0 Å². The molecule has 0 radical (unpaired) electrons. The number of amides is 1. The van der Waals surface area contributed by atoms with E-state index in [0.717, 1.165) is 26.1 Å². The maximum absolute atomic E-state index is 11.9. The van der Waals surface area contributed by atoms with Gasteiger partial charge in [-0.25, -0.2) is 4.79 Å². The van der Waals surface area contributed by atoms with Gasteiger partial charge >= 0.3 is 6.09 Å². The van der Waals surface area contributed by atoms with Crippen LogP contribution < -0.4 is 0 Å². The molecule has 1 rings (SSSR count). The molecule has 1 heterocycles. The minimum atomic E-state index is -0.428. The van der Waals surface area contributed by atoms with E-state index in [1.165, 1.54) is 0 Å². The lowest BCUT2D eigenvalue weighted by molar-refractivity contribution is 0.0285. The Morgan fingerprint density at radius 2 is 2.17 bits per heavy atom. The molecule has 106 valence electrons. The summed E-state index contributed by atoms with van der Waals surface area (Å²) in [6.07, 6.45) is 0.796. The highest BCUT2D eigenvalue weighted by Gasteiger charge is 2.30. The molecule has 1 N–H and O–H groups in total. The van der Waals surface area contributed by atoms with Crippen LogP contribution in [-0.4, -0.2) is 66.4 Å². The smallest absolute Gasteiger partial charge is 0.410 e. The van der Waals surface area contributed by atoms with Crippen molar-refractivity contribution in [3.8, 4) is 0 Å². The van der Waals surface area contributed by atoms with Crippen LogP contribution in [0.4, 0.5) is 4.79 Å². The zero-order valence-corrected chi connectivity index (χ0v) is 12.0. The Balaban J connectivity index is 2.34. The maximum Gasteiger partial charge on any atom is 0.410 e. The molecule has 1 saturated heterocycles. The van der Waals surface area contributed by atoms with Crippen molar-refractivity contribution in [1.29, 1.82) is 0 Å². The van der Waals surface area contributed by atoms with E-state index in [-0.39, 0.29) is 12.7 Å². The van der Waals surface area contributed by atoms with Gasteiger partial charge in [-0.3, -0.25) is 0 Å². The van der Waals surface area contributed by atoms with Crippen LogP contribution in [0.25, 0.3) is 0 Å². The Bertz CT molecular complexity index is 276. The molecule has 0 saturated carbocycles. The fourth-order valence-electron chi connectivity index (χ4n) is 2.18. The predicted molar refractivity (Wildman–Crippen MR) is 70.5 cm³/mol. The summed E-state index contributed by atoms with van der Waals surface area (Å²) in [5, 5.41) is 8.85. The summed E-state index contributed by atoms with van der Waals surface area (Å²) >= 11 is 0. The lowest BCUT2D eigenvalue weighted by Crippen LogP contribution is -2.36. The van der Waals surface area contributed by atoms with Crippen molar-refractivity contribution >= 4 is 6.09 Å². The highest BCUT2D eigenvalue weighted by molar-refractivity contribution is 5.68. The number of carbonyl (C=O) groups excluding carboxylic acids is 1. The molecule has 5 nitrogen and oxygen atoms in total. The normalized spacial score (nSPS) is 20.6. The van der Waals surface area contributed by atoms with E-state index in [1.807, 2.05) is 27.8 Å². The summed E-state index contributed by atoms with van der Waals surface area (Å²) in [4.78, 5) is 15.7. The molecule has 0 aromatic heterocycles. The summed E-state index contributed by atoms with van der Waals surface area (Å²) in [6.45, 7) is 8.95. The number of aliphatic hydroxyl groups excluding tert-OH is 1. The van der Waals surface area contributed by atoms with Gasteiger partial charge in [-0.1, -0.05) is 0 Å². The van der Waals surface area contributed by atoms with Crippen molar-refractivity contribution in [3.63, 3.8) is 0 Å². The molecule has 1 atom stereocenters. The standard InChI is InChI=1S/C13H26N2O3/c1-13(2,3)18-12(17)15-6-5-11(10-15)9-14(4)7-8-16/h11,16H,5-10H2,1-4H3. The number of ether oxygens (including phenoxy) is 1. The third-order valence-corrected chi connectivity index (χ3v) is 2.99. The minimum absolute atomic E-state index is 0.180. The van der Waals surface area contributed by atoms with E-state index >= 15 is 0 Å². The van der Waals surface area contributed by atoms with Gasteiger partial charge in [0.2, 0.25) is 0 Å². The molecule has 0 aromatic rings. The molecule has 0 aromatic carbocycles. The number of likely N-dealkylation sites (N-methyl/N-ethyl adjacent to an activating group) is 1. The monoisotopic (exact) mass is 258 g/mol. The van der Waals surface area contributed by atoms with Crippen LogP contribution in [0.2, 0.25) is 0 Å². The van der Waals surface area contributed by atoms with Gasteiger partial charge < -0.3 is 19.6 Å². The van der Waals surface area contributed by atoms with Crippen molar-refractivity contribution in [1.82, 2.24) is 9.80 Å². The molecular formula is C13H26N2O3. The van der Waals surface area contributed by atoms with E-state index in [9.17, 15) is 4.79 Å². The van der Waals surface area contributed by atoms with Gasteiger partial charge in [-0.2, -0.15) is 0 Å². The zero-order chi connectivity index (χ0) is 13.8. The maximum atomic E-state index is 11.9. The molecule has 18 heavy (non-hydrogen) atoms. The number of likely N-dealkylation sites (tertiary alicyclic amines) is 1. The van der Waals surface area contributed by atoms with E-state index in [2.05, 4.69) is 4.90 Å². The molecule has 0 spiro atoms. The van der Waals surface area contributed by atoms with Crippen molar-refractivity contribution in [3.05, 3.63) is 0 Å².